The largest absolute Gasteiger partial charge is 0.468 e. The van der Waals surface area contributed by atoms with Gasteiger partial charge in [0.05, 0.1) is 14.2 Å². The van der Waals surface area contributed by atoms with Crippen LogP contribution in [0.25, 0.3) is 0 Å². The van der Waals surface area contributed by atoms with Crippen molar-refractivity contribution in [3.8, 4) is 11.8 Å². The normalized spacial score (nSPS) is 11.2. The minimum atomic E-state index is -1.50. The molecular formula is C18H26INO5. The molecule has 0 radical (unpaired) electrons. The molecule has 0 aromatic heterocycles. The Morgan fingerprint density at radius 3 is 2.24 bits per heavy atom. The number of carbonyl (C=O) groups excluding carboxylic acids is 3. The van der Waals surface area contributed by atoms with E-state index >= 15 is 0 Å². The average molecular weight is 463 g/mol. The van der Waals surface area contributed by atoms with E-state index in [0.717, 1.165) is 16.4 Å². The van der Waals surface area contributed by atoms with Crippen LogP contribution in [0.15, 0.2) is 9.66 Å². The average Bonchev–Trinajstić information content (AvgIpc) is 2.61. The quantitative estimate of drug-likeness (QED) is 0.187. The number of allylic oxidation sites excluding steroid dienone is 1. The molecule has 1 N–H and O–H groups in total. The van der Waals surface area contributed by atoms with Gasteiger partial charge in [-0.2, -0.15) is 0 Å². The second-order valence-electron chi connectivity index (χ2n) is 5.46. The maximum atomic E-state index is 12.3. The Balaban J connectivity index is 5.42. The molecule has 0 heterocycles. The summed E-state index contributed by atoms with van der Waals surface area (Å²) >= 11 is 2.05. The van der Waals surface area contributed by atoms with E-state index in [-0.39, 0.29) is 18.7 Å². The van der Waals surface area contributed by atoms with Crippen LogP contribution in [-0.2, 0) is 23.9 Å². The molecule has 0 bridgehead atoms. The molecule has 0 saturated carbocycles. The number of halogens is 1. The number of carbonyl (C=O) groups is 3. The van der Waals surface area contributed by atoms with Crippen LogP contribution in [0.4, 0.5) is 0 Å². The third kappa shape index (κ3) is 8.38. The van der Waals surface area contributed by atoms with Gasteiger partial charge in [0.15, 0.2) is 5.41 Å². The molecule has 140 valence electrons. The van der Waals surface area contributed by atoms with Crippen molar-refractivity contribution in [3.05, 3.63) is 9.66 Å². The van der Waals surface area contributed by atoms with Crippen LogP contribution in [0.3, 0.4) is 0 Å². The van der Waals surface area contributed by atoms with E-state index in [1.165, 1.54) is 21.1 Å². The van der Waals surface area contributed by atoms with Crippen LogP contribution in [0.2, 0.25) is 0 Å². The van der Waals surface area contributed by atoms with Crippen LogP contribution < -0.4 is 5.32 Å². The van der Waals surface area contributed by atoms with Crippen molar-refractivity contribution in [2.24, 2.45) is 5.41 Å². The van der Waals surface area contributed by atoms with Crippen molar-refractivity contribution in [3.63, 3.8) is 0 Å². The molecule has 0 fully saturated rings. The van der Waals surface area contributed by atoms with Crippen molar-refractivity contribution >= 4 is 40.4 Å². The van der Waals surface area contributed by atoms with E-state index in [0.29, 0.717) is 13.0 Å². The summed E-state index contributed by atoms with van der Waals surface area (Å²) in [5.74, 6) is 4.39. The molecular weight excluding hydrogens is 437 g/mol. The van der Waals surface area contributed by atoms with Gasteiger partial charge in [-0.25, -0.2) is 0 Å². The number of ether oxygens (including phenoxy) is 2. The Labute approximate surface area is 163 Å². The van der Waals surface area contributed by atoms with Gasteiger partial charge in [-0.1, -0.05) is 19.4 Å². The summed E-state index contributed by atoms with van der Waals surface area (Å²) in [6.07, 6.45) is 4.54. The van der Waals surface area contributed by atoms with E-state index in [9.17, 15) is 14.4 Å². The SMILES string of the molecule is CCCCC#CCC(C/C=C(\I)CNC(C)=O)(C(=O)OC)C(=O)OC. The van der Waals surface area contributed by atoms with Gasteiger partial charge in [0.1, 0.15) is 0 Å². The fraction of sp³-hybridized carbons (Fsp3) is 0.611. The molecule has 0 saturated heterocycles. The number of hydrogen-bond donors (Lipinski definition) is 1. The Bertz CT molecular complexity index is 544. The molecule has 1 amide bonds. The molecule has 0 aromatic rings. The van der Waals surface area contributed by atoms with E-state index < -0.39 is 17.4 Å². The van der Waals surface area contributed by atoms with Gasteiger partial charge in [-0.3, -0.25) is 14.4 Å². The van der Waals surface area contributed by atoms with Gasteiger partial charge in [0.2, 0.25) is 5.91 Å². The summed E-state index contributed by atoms with van der Waals surface area (Å²) in [6.45, 7) is 3.82. The summed E-state index contributed by atoms with van der Waals surface area (Å²) in [6, 6.07) is 0. The number of amides is 1. The molecule has 6 nitrogen and oxygen atoms in total. The smallest absolute Gasteiger partial charge is 0.324 e. The molecule has 0 aliphatic rings. The van der Waals surface area contributed by atoms with Crippen molar-refractivity contribution < 1.29 is 23.9 Å². The summed E-state index contributed by atoms with van der Waals surface area (Å²) < 4.78 is 10.5. The van der Waals surface area contributed by atoms with Gasteiger partial charge < -0.3 is 14.8 Å². The number of hydrogen-bond acceptors (Lipinski definition) is 5. The van der Waals surface area contributed by atoms with E-state index in [1.54, 1.807) is 6.08 Å². The lowest BCUT2D eigenvalue weighted by atomic mass is 9.81. The van der Waals surface area contributed by atoms with E-state index in [1.807, 2.05) is 22.6 Å². The van der Waals surface area contributed by atoms with Crippen LogP contribution in [-0.4, -0.2) is 38.6 Å². The van der Waals surface area contributed by atoms with Gasteiger partial charge >= 0.3 is 11.9 Å². The lowest BCUT2D eigenvalue weighted by molar-refractivity contribution is -0.168. The maximum Gasteiger partial charge on any atom is 0.324 e. The van der Waals surface area contributed by atoms with Gasteiger partial charge in [0.25, 0.3) is 0 Å². The summed E-state index contributed by atoms with van der Waals surface area (Å²) in [5, 5.41) is 2.66. The fourth-order valence-corrected chi connectivity index (χ4v) is 2.40. The highest BCUT2D eigenvalue weighted by Gasteiger charge is 2.47. The Morgan fingerprint density at radius 2 is 1.76 bits per heavy atom. The number of unbranched alkanes of at least 4 members (excludes halogenated alkanes) is 2. The Kier molecular flexibility index (Phi) is 12.0. The molecule has 0 rings (SSSR count). The molecule has 0 aliphatic carbocycles. The van der Waals surface area contributed by atoms with Crippen molar-refractivity contribution in [2.75, 3.05) is 20.8 Å². The van der Waals surface area contributed by atoms with Gasteiger partial charge in [-0.05, 0) is 35.4 Å². The zero-order chi connectivity index (χ0) is 19.3. The first-order chi connectivity index (χ1) is 11.8. The maximum absolute atomic E-state index is 12.3. The van der Waals surface area contributed by atoms with Crippen LogP contribution in [0.1, 0.15) is 46.0 Å². The Hall–Kier alpha value is -1.56. The Morgan fingerprint density at radius 1 is 1.16 bits per heavy atom. The number of methoxy groups -OCH3 is 2. The van der Waals surface area contributed by atoms with Gasteiger partial charge in [0, 0.05) is 29.9 Å². The summed E-state index contributed by atoms with van der Waals surface area (Å²) in [4.78, 5) is 35.7. The minimum Gasteiger partial charge on any atom is -0.468 e. The molecule has 0 unspecified atom stereocenters. The van der Waals surface area contributed by atoms with Crippen LogP contribution in [0, 0.1) is 17.3 Å². The summed E-state index contributed by atoms with van der Waals surface area (Å²) in [5.41, 5.74) is -1.50. The number of rotatable bonds is 9. The lowest BCUT2D eigenvalue weighted by Crippen LogP contribution is -2.40. The number of nitrogens with one attached hydrogen (secondary N) is 1. The summed E-state index contributed by atoms with van der Waals surface area (Å²) in [7, 11) is 2.47. The monoisotopic (exact) mass is 463 g/mol. The molecule has 7 heteroatoms. The van der Waals surface area contributed by atoms with Gasteiger partial charge in [-0.15, -0.1) is 11.8 Å². The van der Waals surface area contributed by atoms with Crippen molar-refractivity contribution in [2.45, 2.75) is 46.0 Å². The highest BCUT2D eigenvalue weighted by molar-refractivity contribution is 14.1. The van der Waals surface area contributed by atoms with E-state index in [2.05, 4.69) is 24.1 Å². The highest BCUT2D eigenvalue weighted by Crippen LogP contribution is 2.31. The molecule has 25 heavy (non-hydrogen) atoms. The zero-order valence-electron chi connectivity index (χ0n) is 15.2. The first-order valence-corrected chi connectivity index (χ1v) is 9.13. The van der Waals surface area contributed by atoms with Crippen molar-refractivity contribution in [1.82, 2.24) is 5.32 Å². The standard InChI is InChI=1S/C18H26INO5/c1-5-6-7-8-9-11-18(16(22)24-3,17(23)25-4)12-10-15(19)13-20-14(2)21/h10H,5-7,11-13H2,1-4H3,(H,20,21)/b15-10-. The second kappa shape index (κ2) is 12.8. The molecule has 0 aliphatic heterocycles. The predicted octanol–water partition coefficient (Wildman–Crippen LogP) is 2.75. The molecule has 0 spiro atoms. The lowest BCUT2D eigenvalue weighted by Gasteiger charge is -2.25. The van der Waals surface area contributed by atoms with Crippen LogP contribution >= 0.6 is 22.6 Å². The zero-order valence-corrected chi connectivity index (χ0v) is 17.4. The number of esters is 2. The fourth-order valence-electron chi connectivity index (χ4n) is 1.99. The van der Waals surface area contributed by atoms with E-state index in [4.69, 9.17) is 9.47 Å². The second-order valence-corrected chi connectivity index (χ2v) is 6.85. The molecule has 0 atom stereocenters. The predicted molar refractivity (Wildman–Crippen MR) is 104 cm³/mol. The first kappa shape index (κ1) is 23.4. The topological polar surface area (TPSA) is 81.7 Å². The minimum absolute atomic E-state index is 0.0244. The van der Waals surface area contributed by atoms with Crippen LogP contribution in [0.5, 0.6) is 0 Å². The molecule has 0 aromatic carbocycles. The highest BCUT2D eigenvalue weighted by atomic mass is 127. The van der Waals surface area contributed by atoms with Crippen molar-refractivity contribution in [1.29, 1.82) is 0 Å². The third-order valence-corrected chi connectivity index (χ3v) is 4.32. The first-order valence-electron chi connectivity index (χ1n) is 8.05. The third-order valence-electron chi connectivity index (χ3n) is 3.50.